The molecule has 1 atom stereocenters. The maximum Gasteiger partial charge on any atom is 0.410 e. The van der Waals surface area contributed by atoms with Crippen LogP contribution in [-0.4, -0.2) is 16.1 Å². The minimum absolute atomic E-state index is 0.412. The van der Waals surface area contributed by atoms with Crippen LogP contribution in [0.4, 0.5) is 13.2 Å². The van der Waals surface area contributed by atoms with Crippen LogP contribution in [0.15, 0.2) is 18.5 Å². The van der Waals surface area contributed by atoms with Crippen molar-refractivity contribution in [2.45, 2.75) is 12.2 Å². The quantitative estimate of drug-likeness (QED) is 0.697. The molecule has 66 valence electrons. The Labute approximate surface area is 66.4 Å². The van der Waals surface area contributed by atoms with Gasteiger partial charge in [0.15, 0.2) is 11.9 Å². The summed E-state index contributed by atoms with van der Waals surface area (Å²) in [6.45, 7) is 0. The molecule has 1 rings (SSSR count). The Morgan fingerprint density at radius 3 is 2.17 bits per heavy atom. The second-order valence-electron chi connectivity index (χ2n) is 2.13. The van der Waals surface area contributed by atoms with Gasteiger partial charge in [0, 0.05) is 12.4 Å². The first-order valence-electron chi connectivity index (χ1n) is 3.11. The molecular formula is C6H6F3N3. The van der Waals surface area contributed by atoms with Crippen molar-refractivity contribution in [3.8, 4) is 0 Å². The Bertz CT molecular complexity index is 246. The van der Waals surface area contributed by atoms with Gasteiger partial charge in [0.2, 0.25) is 0 Å². The summed E-state index contributed by atoms with van der Waals surface area (Å²) in [4.78, 5) is 6.78. The van der Waals surface area contributed by atoms with Gasteiger partial charge in [0.1, 0.15) is 0 Å². The minimum atomic E-state index is -4.48. The number of alkyl halides is 3. The highest BCUT2D eigenvalue weighted by atomic mass is 19.4. The normalized spacial score (nSPS) is 14.3. The van der Waals surface area contributed by atoms with Crippen LogP contribution in [0.3, 0.4) is 0 Å². The zero-order chi connectivity index (χ0) is 9.19. The average Bonchev–Trinajstić information content (AvgIpc) is 2.03. The molecule has 0 saturated carbocycles. The zero-order valence-corrected chi connectivity index (χ0v) is 5.92. The van der Waals surface area contributed by atoms with Gasteiger partial charge in [-0.05, 0) is 6.07 Å². The van der Waals surface area contributed by atoms with E-state index in [0.29, 0.717) is 0 Å². The molecule has 0 fully saturated rings. The molecule has 0 aliphatic heterocycles. The van der Waals surface area contributed by atoms with Crippen LogP contribution in [0.5, 0.6) is 0 Å². The van der Waals surface area contributed by atoms with Gasteiger partial charge in [-0.15, -0.1) is 0 Å². The summed E-state index contributed by atoms with van der Waals surface area (Å²) in [5.74, 6) is -0.412. The lowest BCUT2D eigenvalue weighted by Crippen LogP contribution is -2.30. The lowest BCUT2D eigenvalue weighted by atomic mass is 10.3. The maximum absolute atomic E-state index is 11.9. The Hall–Kier alpha value is -1.17. The van der Waals surface area contributed by atoms with Crippen LogP contribution in [0.25, 0.3) is 0 Å². The largest absolute Gasteiger partial charge is 0.410 e. The van der Waals surface area contributed by atoms with Gasteiger partial charge >= 0.3 is 6.18 Å². The van der Waals surface area contributed by atoms with Crippen molar-refractivity contribution in [3.05, 3.63) is 24.3 Å². The summed E-state index contributed by atoms with van der Waals surface area (Å²) in [5.41, 5.74) is 4.82. The van der Waals surface area contributed by atoms with Crippen molar-refractivity contribution < 1.29 is 13.2 Å². The standard InChI is InChI=1S/C6H6F3N3/c7-6(8,9)4(10)5-11-2-1-3-12-5/h1-4H,10H2. The van der Waals surface area contributed by atoms with Crippen LogP contribution in [-0.2, 0) is 0 Å². The van der Waals surface area contributed by atoms with Crippen molar-refractivity contribution in [1.29, 1.82) is 0 Å². The molecule has 0 aromatic carbocycles. The predicted octanol–water partition coefficient (Wildman–Crippen LogP) is 1.04. The van der Waals surface area contributed by atoms with Crippen LogP contribution < -0.4 is 5.73 Å². The number of rotatable bonds is 1. The highest BCUT2D eigenvalue weighted by Gasteiger charge is 2.39. The number of halogens is 3. The van der Waals surface area contributed by atoms with E-state index in [2.05, 4.69) is 9.97 Å². The minimum Gasteiger partial charge on any atom is -0.314 e. The molecule has 3 nitrogen and oxygen atoms in total. The average molecular weight is 177 g/mol. The molecule has 1 aromatic rings. The van der Waals surface area contributed by atoms with Crippen molar-refractivity contribution in [2.24, 2.45) is 5.73 Å². The third-order valence-corrected chi connectivity index (χ3v) is 1.22. The summed E-state index contributed by atoms with van der Waals surface area (Å²) in [7, 11) is 0. The number of nitrogens with two attached hydrogens (primary N) is 1. The molecule has 0 aliphatic rings. The summed E-state index contributed by atoms with van der Waals surface area (Å²) < 4.78 is 35.8. The van der Waals surface area contributed by atoms with Gasteiger partial charge in [0.05, 0.1) is 0 Å². The molecule has 6 heteroatoms. The third-order valence-electron chi connectivity index (χ3n) is 1.22. The van der Waals surface area contributed by atoms with Gasteiger partial charge in [-0.3, -0.25) is 0 Å². The van der Waals surface area contributed by atoms with E-state index in [1.54, 1.807) is 0 Å². The number of hydrogen-bond donors (Lipinski definition) is 1. The van der Waals surface area contributed by atoms with Crippen molar-refractivity contribution in [2.75, 3.05) is 0 Å². The SMILES string of the molecule is NC(c1ncccn1)C(F)(F)F. The highest BCUT2D eigenvalue weighted by molar-refractivity contribution is 4.97. The topological polar surface area (TPSA) is 51.8 Å². The first-order valence-corrected chi connectivity index (χ1v) is 3.11. The van der Waals surface area contributed by atoms with E-state index < -0.39 is 18.0 Å². The maximum atomic E-state index is 11.9. The molecule has 0 aliphatic carbocycles. The van der Waals surface area contributed by atoms with E-state index in [9.17, 15) is 13.2 Å². The molecule has 0 saturated heterocycles. The first-order chi connectivity index (χ1) is 5.52. The van der Waals surface area contributed by atoms with E-state index in [1.165, 1.54) is 18.5 Å². The summed E-state index contributed by atoms with van der Waals surface area (Å²) in [6, 6.07) is -0.675. The van der Waals surface area contributed by atoms with E-state index in [4.69, 9.17) is 5.73 Å². The van der Waals surface area contributed by atoms with Crippen molar-refractivity contribution >= 4 is 0 Å². The Kier molecular flexibility index (Phi) is 2.27. The summed E-state index contributed by atoms with van der Waals surface area (Å²) in [5, 5.41) is 0. The zero-order valence-electron chi connectivity index (χ0n) is 5.92. The van der Waals surface area contributed by atoms with Crippen molar-refractivity contribution in [1.82, 2.24) is 9.97 Å². The lowest BCUT2D eigenvalue weighted by molar-refractivity contribution is -0.150. The second-order valence-corrected chi connectivity index (χ2v) is 2.13. The first kappa shape index (κ1) is 8.92. The molecule has 1 aromatic heterocycles. The lowest BCUT2D eigenvalue weighted by Gasteiger charge is -2.12. The Balaban J connectivity index is 2.86. The van der Waals surface area contributed by atoms with E-state index in [1.807, 2.05) is 0 Å². The molecule has 0 radical (unpaired) electrons. The summed E-state index contributed by atoms with van der Waals surface area (Å²) >= 11 is 0. The molecule has 1 unspecified atom stereocenters. The van der Waals surface area contributed by atoms with Crippen LogP contribution in [0.1, 0.15) is 11.9 Å². The van der Waals surface area contributed by atoms with Crippen LogP contribution in [0, 0.1) is 0 Å². The van der Waals surface area contributed by atoms with Crippen molar-refractivity contribution in [3.63, 3.8) is 0 Å². The Morgan fingerprint density at radius 1 is 1.25 bits per heavy atom. The van der Waals surface area contributed by atoms with E-state index in [0.717, 1.165) is 0 Å². The molecule has 1 heterocycles. The highest BCUT2D eigenvalue weighted by Crippen LogP contribution is 2.27. The fourth-order valence-electron chi connectivity index (χ4n) is 0.618. The van der Waals surface area contributed by atoms with Crippen LogP contribution >= 0.6 is 0 Å². The molecule has 0 bridgehead atoms. The Morgan fingerprint density at radius 2 is 1.75 bits per heavy atom. The van der Waals surface area contributed by atoms with Gasteiger partial charge in [-0.1, -0.05) is 0 Å². The molecule has 2 N–H and O–H groups in total. The fraction of sp³-hybridized carbons (Fsp3) is 0.333. The van der Waals surface area contributed by atoms with Gasteiger partial charge in [0.25, 0.3) is 0 Å². The van der Waals surface area contributed by atoms with Crippen LogP contribution in [0.2, 0.25) is 0 Å². The van der Waals surface area contributed by atoms with E-state index in [-0.39, 0.29) is 0 Å². The molecular weight excluding hydrogens is 171 g/mol. The smallest absolute Gasteiger partial charge is 0.314 e. The van der Waals surface area contributed by atoms with Gasteiger partial charge in [-0.25, -0.2) is 9.97 Å². The van der Waals surface area contributed by atoms with Gasteiger partial charge < -0.3 is 5.73 Å². The third kappa shape index (κ3) is 1.91. The fourth-order valence-corrected chi connectivity index (χ4v) is 0.618. The number of aromatic nitrogens is 2. The number of hydrogen-bond acceptors (Lipinski definition) is 3. The summed E-state index contributed by atoms with van der Waals surface area (Å²) in [6.07, 6.45) is -2.05. The monoisotopic (exact) mass is 177 g/mol. The van der Waals surface area contributed by atoms with Gasteiger partial charge in [-0.2, -0.15) is 13.2 Å². The number of nitrogens with zero attached hydrogens (tertiary/aromatic N) is 2. The molecule has 0 amide bonds. The predicted molar refractivity (Wildman–Crippen MR) is 35.0 cm³/mol. The van der Waals surface area contributed by atoms with E-state index >= 15 is 0 Å². The molecule has 0 spiro atoms. The second kappa shape index (κ2) is 3.06. The molecule has 12 heavy (non-hydrogen) atoms.